The zero-order chi connectivity index (χ0) is 47.8. The summed E-state index contributed by atoms with van der Waals surface area (Å²) >= 11 is 0. The van der Waals surface area contributed by atoms with Gasteiger partial charge in [0.1, 0.15) is 13.2 Å². The van der Waals surface area contributed by atoms with Gasteiger partial charge in [-0.3, -0.25) is 0 Å². The minimum Gasteiger partial charge on any atom is -0.449 e. The molecule has 0 aliphatic heterocycles. The molecule has 0 radical (unpaired) electrons. The van der Waals surface area contributed by atoms with E-state index >= 15 is 0 Å². The number of rotatable bonds is 38. The fourth-order valence-corrected chi connectivity index (χ4v) is 7.97. The third kappa shape index (κ3) is 19.0. The molecule has 69 heavy (non-hydrogen) atoms. The SMILES string of the molecule is O=C(NCCCOCCOCCOCCOCCOCCOCCOCCOCCOCCOCCNC(=O)OCC1c2ccccc2-c2ccccc21)OCC1c2ccccc2-c2ccccc21. The third-order valence-electron chi connectivity index (χ3n) is 11.3. The summed E-state index contributed by atoms with van der Waals surface area (Å²) in [7, 11) is 0. The lowest BCUT2D eigenvalue weighted by molar-refractivity contribution is -0.0263. The number of amides is 2. The molecule has 0 atom stereocenters. The van der Waals surface area contributed by atoms with E-state index in [1.165, 1.54) is 44.5 Å². The van der Waals surface area contributed by atoms with E-state index in [0.29, 0.717) is 158 Å². The smallest absolute Gasteiger partial charge is 0.407 e. The molecule has 0 saturated carbocycles. The van der Waals surface area contributed by atoms with Gasteiger partial charge in [-0.05, 0) is 50.9 Å². The highest BCUT2D eigenvalue weighted by molar-refractivity contribution is 5.80. The lowest BCUT2D eigenvalue weighted by Gasteiger charge is -2.14. The highest BCUT2D eigenvalue weighted by Gasteiger charge is 2.30. The molecule has 0 bridgehead atoms. The number of carbonyl (C=O) groups is 2. The minimum absolute atomic E-state index is 0.0304. The number of hydrogen-bond acceptors (Lipinski definition) is 14. The van der Waals surface area contributed by atoms with Crippen LogP contribution in [0, 0.1) is 0 Å². The molecule has 2 aliphatic rings. The van der Waals surface area contributed by atoms with Crippen LogP contribution in [0.25, 0.3) is 22.3 Å². The van der Waals surface area contributed by atoms with Gasteiger partial charge in [0, 0.05) is 31.5 Å². The highest BCUT2D eigenvalue weighted by atomic mass is 16.6. The molecule has 16 nitrogen and oxygen atoms in total. The highest BCUT2D eigenvalue weighted by Crippen LogP contribution is 2.45. The number of ether oxygens (including phenoxy) is 12. The molecule has 0 saturated heterocycles. The molecule has 376 valence electrons. The summed E-state index contributed by atoms with van der Waals surface area (Å²) in [5, 5.41) is 5.55. The summed E-state index contributed by atoms with van der Waals surface area (Å²) in [5.41, 5.74) is 9.55. The molecule has 2 N–H and O–H groups in total. The summed E-state index contributed by atoms with van der Waals surface area (Å²) in [6.07, 6.45) is -0.199. The van der Waals surface area contributed by atoms with Crippen LogP contribution in [0.5, 0.6) is 0 Å². The van der Waals surface area contributed by atoms with Crippen molar-refractivity contribution in [2.45, 2.75) is 18.3 Å². The fourth-order valence-electron chi connectivity index (χ4n) is 7.97. The van der Waals surface area contributed by atoms with Gasteiger partial charge in [0.15, 0.2) is 0 Å². The summed E-state index contributed by atoms with van der Waals surface area (Å²) in [5.74, 6) is 0.0735. The van der Waals surface area contributed by atoms with Crippen molar-refractivity contribution in [3.8, 4) is 22.3 Å². The molecule has 2 amide bonds. The Labute approximate surface area is 406 Å². The molecular formula is C53H70N2O14. The summed E-state index contributed by atoms with van der Waals surface area (Å²) in [4.78, 5) is 24.6. The minimum atomic E-state index is -0.457. The molecular weight excluding hydrogens is 889 g/mol. The van der Waals surface area contributed by atoms with Gasteiger partial charge in [-0.2, -0.15) is 0 Å². The Kier molecular flexibility index (Phi) is 25.3. The maximum Gasteiger partial charge on any atom is 0.407 e. The van der Waals surface area contributed by atoms with Crippen LogP contribution >= 0.6 is 0 Å². The van der Waals surface area contributed by atoms with E-state index in [0.717, 1.165) is 0 Å². The molecule has 0 unspecified atom stereocenters. The maximum atomic E-state index is 12.3. The standard InChI is InChI=1S/C53H70N2O14/c56-52(68-40-50-46-14-5-1-10-42(46)43-11-2-6-15-47(43)50)54-18-9-20-58-22-24-60-26-28-62-30-32-64-34-36-66-38-39-67-37-35-65-33-31-63-29-27-61-25-23-59-21-19-55-53(57)69-41-51-48-16-7-3-12-44(48)45-13-4-8-17-49(45)51/h1-8,10-17,50-51H,9,18-41H2,(H,54,56)(H,55,57). The van der Waals surface area contributed by atoms with E-state index in [1.807, 2.05) is 48.5 Å². The Morgan fingerprint density at radius 3 is 0.870 bits per heavy atom. The topological polar surface area (TPSA) is 169 Å². The number of hydrogen-bond donors (Lipinski definition) is 2. The van der Waals surface area contributed by atoms with Crippen LogP contribution in [-0.2, 0) is 56.8 Å². The largest absolute Gasteiger partial charge is 0.449 e. The quantitative estimate of drug-likeness (QED) is 0.0460. The number of benzene rings is 4. The van der Waals surface area contributed by atoms with Crippen molar-refractivity contribution in [1.82, 2.24) is 10.6 Å². The van der Waals surface area contributed by atoms with E-state index in [2.05, 4.69) is 59.2 Å². The van der Waals surface area contributed by atoms with E-state index in [-0.39, 0.29) is 18.4 Å². The van der Waals surface area contributed by atoms with Crippen molar-refractivity contribution in [3.63, 3.8) is 0 Å². The Morgan fingerprint density at radius 1 is 0.319 bits per heavy atom. The third-order valence-corrected chi connectivity index (χ3v) is 11.3. The number of carbonyl (C=O) groups excluding carboxylic acids is 2. The average Bonchev–Trinajstić information content (AvgIpc) is 3.88. The summed E-state index contributed by atoms with van der Waals surface area (Å²) in [6.45, 7) is 10.7. The second-order valence-corrected chi connectivity index (χ2v) is 16.0. The molecule has 0 spiro atoms. The zero-order valence-corrected chi connectivity index (χ0v) is 39.8. The van der Waals surface area contributed by atoms with Crippen molar-refractivity contribution >= 4 is 12.2 Å². The second-order valence-electron chi connectivity index (χ2n) is 16.0. The van der Waals surface area contributed by atoms with Gasteiger partial charge < -0.3 is 67.5 Å². The van der Waals surface area contributed by atoms with Gasteiger partial charge in [0.2, 0.25) is 0 Å². The summed E-state index contributed by atoms with van der Waals surface area (Å²) in [6, 6.07) is 33.1. The summed E-state index contributed by atoms with van der Waals surface area (Å²) < 4.78 is 66.5. The molecule has 2 aliphatic carbocycles. The van der Waals surface area contributed by atoms with Crippen molar-refractivity contribution in [1.29, 1.82) is 0 Å². The van der Waals surface area contributed by atoms with Gasteiger partial charge in [-0.15, -0.1) is 0 Å². The van der Waals surface area contributed by atoms with Gasteiger partial charge in [-0.1, -0.05) is 97.1 Å². The lowest BCUT2D eigenvalue weighted by Crippen LogP contribution is -2.29. The fraction of sp³-hybridized carbons (Fsp3) is 0.509. The van der Waals surface area contributed by atoms with Gasteiger partial charge >= 0.3 is 12.2 Å². The molecule has 6 rings (SSSR count). The normalized spacial score (nSPS) is 12.6. The predicted octanol–water partition coefficient (Wildman–Crippen LogP) is 6.62. The lowest BCUT2D eigenvalue weighted by atomic mass is 9.98. The first-order valence-electron chi connectivity index (χ1n) is 24.2. The van der Waals surface area contributed by atoms with Crippen molar-refractivity contribution in [2.75, 3.05) is 158 Å². The number of alkyl carbamates (subject to hydrolysis) is 2. The monoisotopic (exact) mass is 958 g/mol. The molecule has 0 heterocycles. The first-order chi connectivity index (χ1) is 34.2. The maximum absolute atomic E-state index is 12.3. The van der Waals surface area contributed by atoms with Gasteiger partial charge in [-0.25, -0.2) is 9.59 Å². The molecule has 16 heteroatoms. The van der Waals surface area contributed by atoms with Crippen LogP contribution in [0.3, 0.4) is 0 Å². The zero-order valence-electron chi connectivity index (χ0n) is 39.8. The predicted molar refractivity (Wildman–Crippen MR) is 259 cm³/mol. The Bertz CT molecular complexity index is 1820. The Morgan fingerprint density at radius 2 is 0.565 bits per heavy atom. The van der Waals surface area contributed by atoms with E-state index in [4.69, 9.17) is 56.8 Å². The van der Waals surface area contributed by atoms with Crippen LogP contribution < -0.4 is 10.6 Å². The first kappa shape index (κ1) is 53.4. The van der Waals surface area contributed by atoms with Crippen LogP contribution in [0.15, 0.2) is 97.1 Å². The van der Waals surface area contributed by atoms with Crippen molar-refractivity contribution in [2.24, 2.45) is 0 Å². The van der Waals surface area contributed by atoms with E-state index < -0.39 is 12.2 Å². The Balaban J connectivity index is 0.588. The van der Waals surface area contributed by atoms with Crippen molar-refractivity contribution < 1.29 is 66.4 Å². The van der Waals surface area contributed by atoms with Crippen LogP contribution in [0.1, 0.15) is 40.5 Å². The van der Waals surface area contributed by atoms with Crippen molar-refractivity contribution in [3.05, 3.63) is 119 Å². The molecule has 4 aromatic rings. The van der Waals surface area contributed by atoms with Gasteiger partial charge in [0.25, 0.3) is 0 Å². The average molecular weight is 959 g/mol. The van der Waals surface area contributed by atoms with E-state index in [1.54, 1.807) is 0 Å². The molecule has 0 fully saturated rings. The first-order valence-corrected chi connectivity index (χ1v) is 24.2. The molecule has 0 aromatic heterocycles. The van der Waals surface area contributed by atoms with Gasteiger partial charge in [0.05, 0.1) is 126 Å². The number of fused-ring (bicyclic) bond motifs is 6. The second kappa shape index (κ2) is 32.8. The Hall–Kier alpha value is -4.98. The number of nitrogens with one attached hydrogen (secondary N) is 2. The molecule has 4 aromatic carbocycles. The van der Waals surface area contributed by atoms with E-state index in [9.17, 15) is 9.59 Å². The van der Waals surface area contributed by atoms with Crippen LogP contribution in [-0.4, -0.2) is 171 Å². The van der Waals surface area contributed by atoms with Crippen LogP contribution in [0.4, 0.5) is 9.59 Å². The van der Waals surface area contributed by atoms with Crippen LogP contribution in [0.2, 0.25) is 0 Å².